The summed E-state index contributed by atoms with van der Waals surface area (Å²) in [5.74, 6) is 0.948. The third kappa shape index (κ3) is 3.72. The molecule has 0 spiro atoms. The molecule has 3 nitrogen and oxygen atoms in total. The summed E-state index contributed by atoms with van der Waals surface area (Å²) in [5, 5.41) is 3.43. The highest BCUT2D eigenvalue weighted by molar-refractivity contribution is 5.29. The van der Waals surface area contributed by atoms with E-state index in [9.17, 15) is 0 Å². The van der Waals surface area contributed by atoms with E-state index >= 15 is 0 Å². The minimum atomic E-state index is 0.172. The molecular weight excluding hydrogens is 226 g/mol. The van der Waals surface area contributed by atoms with Crippen LogP contribution < -0.4 is 10.1 Å². The van der Waals surface area contributed by atoms with Crippen molar-refractivity contribution >= 4 is 0 Å². The summed E-state index contributed by atoms with van der Waals surface area (Å²) < 4.78 is 11.5. The van der Waals surface area contributed by atoms with Gasteiger partial charge in [0.1, 0.15) is 5.75 Å². The van der Waals surface area contributed by atoms with Crippen LogP contribution in [0.15, 0.2) is 24.3 Å². The van der Waals surface area contributed by atoms with E-state index in [1.165, 1.54) is 5.56 Å². The first-order chi connectivity index (χ1) is 8.79. The standard InChI is InChI=1S/C15H23NO2/c1-3-4-9-17-14-7-5-13(6-8-14)15-10-16-12(2)11-18-15/h5-8,12,15-16H,3-4,9-11H2,1-2H3. The summed E-state index contributed by atoms with van der Waals surface area (Å²) in [5.41, 5.74) is 1.22. The summed E-state index contributed by atoms with van der Waals surface area (Å²) in [4.78, 5) is 0. The minimum Gasteiger partial charge on any atom is -0.494 e. The van der Waals surface area contributed by atoms with Crippen molar-refractivity contribution in [2.75, 3.05) is 19.8 Å². The fourth-order valence-electron chi connectivity index (χ4n) is 2.01. The van der Waals surface area contributed by atoms with Gasteiger partial charge in [0.2, 0.25) is 0 Å². The van der Waals surface area contributed by atoms with Crippen LogP contribution in [0.3, 0.4) is 0 Å². The molecule has 1 fully saturated rings. The largest absolute Gasteiger partial charge is 0.494 e. The van der Waals surface area contributed by atoms with Crippen molar-refractivity contribution in [3.63, 3.8) is 0 Å². The molecule has 1 aliphatic heterocycles. The summed E-state index contributed by atoms with van der Waals surface area (Å²) in [6.45, 7) is 6.77. The summed E-state index contributed by atoms with van der Waals surface area (Å²) in [6.07, 6.45) is 2.44. The van der Waals surface area contributed by atoms with Gasteiger partial charge in [-0.1, -0.05) is 25.5 Å². The molecule has 100 valence electrons. The Morgan fingerprint density at radius 1 is 1.33 bits per heavy atom. The molecule has 0 bridgehead atoms. The molecule has 1 aromatic rings. The highest BCUT2D eigenvalue weighted by atomic mass is 16.5. The van der Waals surface area contributed by atoms with E-state index in [1.807, 2.05) is 12.1 Å². The number of rotatable bonds is 5. The van der Waals surface area contributed by atoms with Crippen LogP contribution in [0.1, 0.15) is 38.4 Å². The first-order valence-corrected chi connectivity index (χ1v) is 6.87. The second kappa shape index (κ2) is 6.76. The van der Waals surface area contributed by atoms with Gasteiger partial charge in [0, 0.05) is 12.6 Å². The van der Waals surface area contributed by atoms with Crippen molar-refractivity contribution < 1.29 is 9.47 Å². The zero-order valence-electron chi connectivity index (χ0n) is 11.3. The molecule has 0 aromatic heterocycles. The summed E-state index contributed by atoms with van der Waals surface area (Å²) >= 11 is 0. The molecule has 1 aliphatic rings. The summed E-state index contributed by atoms with van der Waals surface area (Å²) in [6, 6.07) is 8.73. The molecular formula is C15H23NO2. The fourth-order valence-corrected chi connectivity index (χ4v) is 2.01. The van der Waals surface area contributed by atoms with Gasteiger partial charge in [-0.25, -0.2) is 0 Å². The van der Waals surface area contributed by atoms with E-state index in [0.717, 1.165) is 38.3 Å². The van der Waals surface area contributed by atoms with Crippen LogP contribution in [-0.4, -0.2) is 25.8 Å². The molecule has 1 heterocycles. The van der Waals surface area contributed by atoms with Crippen molar-refractivity contribution in [2.24, 2.45) is 0 Å². The highest BCUT2D eigenvalue weighted by Gasteiger charge is 2.19. The molecule has 3 heteroatoms. The van der Waals surface area contributed by atoms with Crippen LogP contribution in [0.25, 0.3) is 0 Å². The van der Waals surface area contributed by atoms with E-state index in [0.29, 0.717) is 6.04 Å². The van der Waals surface area contributed by atoms with Crippen molar-refractivity contribution in [1.82, 2.24) is 5.32 Å². The molecule has 0 aliphatic carbocycles. The SMILES string of the molecule is CCCCOc1ccc(C2CNC(C)CO2)cc1. The van der Waals surface area contributed by atoms with Crippen molar-refractivity contribution in [3.05, 3.63) is 29.8 Å². The number of ether oxygens (including phenoxy) is 2. The highest BCUT2D eigenvalue weighted by Crippen LogP contribution is 2.22. The van der Waals surface area contributed by atoms with Gasteiger partial charge in [-0.2, -0.15) is 0 Å². The van der Waals surface area contributed by atoms with Gasteiger partial charge in [-0.15, -0.1) is 0 Å². The van der Waals surface area contributed by atoms with Crippen LogP contribution in [0.2, 0.25) is 0 Å². The molecule has 1 N–H and O–H groups in total. The lowest BCUT2D eigenvalue weighted by Gasteiger charge is -2.28. The van der Waals surface area contributed by atoms with Gasteiger partial charge in [0.05, 0.1) is 19.3 Å². The van der Waals surface area contributed by atoms with Gasteiger partial charge in [0.25, 0.3) is 0 Å². The smallest absolute Gasteiger partial charge is 0.119 e. The van der Waals surface area contributed by atoms with Crippen molar-refractivity contribution in [2.45, 2.75) is 38.8 Å². The van der Waals surface area contributed by atoms with Crippen molar-refractivity contribution in [3.8, 4) is 5.75 Å². The van der Waals surface area contributed by atoms with Gasteiger partial charge >= 0.3 is 0 Å². The molecule has 18 heavy (non-hydrogen) atoms. The Labute approximate surface area is 109 Å². The van der Waals surface area contributed by atoms with E-state index in [1.54, 1.807) is 0 Å². The second-order valence-corrected chi connectivity index (χ2v) is 4.90. The van der Waals surface area contributed by atoms with E-state index < -0.39 is 0 Å². The van der Waals surface area contributed by atoms with Crippen LogP contribution >= 0.6 is 0 Å². The van der Waals surface area contributed by atoms with Gasteiger partial charge in [-0.3, -0.25) is 0 Å². The van der Waals surface area contributed by atoms with E-state index in [-0.39, 0.29) is 6.10 Å². The summed E-state index contributed by atoms with van der Waals surface area (Å²) in [7, 11) is 0. The van der Waals surface area contributed by atoms with Gasteiger partial charge in [-0.05, 0) is 31.0 Å². The molecule has 0 saturated carbocycles. The zero-order chi connectivity index (χ0) is 12.8. The maximum Gasteiger partial charge on any atom is 0.119 e. The number of morpholine rings is 1. The average Bonchev–Trinajstić information content (AvgIpc) is 2.41. The van der Waals surface area contributed by atoms with Crippen LogP contribution in [0.4, 0.5) is 0 Å². The number of hydrogen-bond acceptors (Lipinski definition) is 3. The number of nitrogens with one attached hydrogen (secondary N) is 1. The topological polar surface area (TPSA) is 30.5 Å². The number of hydrogen-bond donors (Lipinski definition) is 1. The lowest BCUT2D eigenvalue weighted by Crippen LogP contribution is -2.40. The lowest BCUT2D eigenvalue weighted by molar-refractivity contribution is 0.00693. The number of unbranched alkanes of at least 4 members (excludes halogenated alkanes) is 1. The maximum absolute atomic E-state index is 5.81. The van der Waals surface area contributed by atoms with Gasteiger partial charge in [0.15, 0.2) is 0 Å². The van der Waals surface area contributed by atoms with Crippen LogP contribution in [0.5, 0.6) is 5.75 Å². The molecule has 0 radical (unpaired) electrons. The van der Waals surface area contributed by atoms with E-state index in [2.05, 4.69) is 31.3 Å². The van der Waals surface area contributed by atoms with Crippen molar-refractivity contribution in [1.29, 1.82) is 0 Å². The predicted molar refractivity (Wildman–Crippen MR) is 73.0 cm³/mol. The van der Waals surface area contributed by atoms with Gasteiger partial charge < -0.3 is 14.8 Å². The maximum atomic E-state index is 5.81. The molecule has 2 atom stereocenters. The average molecular weight is 249 g/mol. The molecule has 2 rings (SSSR count). The fraction of sp³-hybridized carbons (Fsp3) is 0.600. The second-order valence-electron chi connectivity index (χ2n) is 4.90. The lowest BCUT2D eigenvalue weighted by atomic mass is 10.1. The zero-order valence-corrected chi connectivity index (χ0v) is 11.3. The van der Waals surface area contributed by atoms with Crippen LogP contribution in [0, 0.1) is 0 Å². The Morgan fingerprint density at radius 3 is 2.72 bits per heavy atom. The molecule has 1 aromatic carbocycles. The third-order valence-corrected chi connectivity index (χ3v) is 3.22. The first kappa shape index (κ1) is 13.4. The normalized spacial score (nSPS) is 23.9. The Bertz CT molecular complexity index is 342. The predicted octanol–water partition coefficient (Wildman–Crippen LogP) is 2.91. The number of benzene rings is 1. The molecule has 0 amide bonds. The Kier molecular flexibility index (Phi) is 5.02. The Hall–Kier alpha value is -1.06. The Balaban J connectivity index is 1.87. The van der Waals surface area contributed by atoms with E-state index in [4.69, 9.17) is 9.47 Å². The third-order valence-electron chi connectivity index (χ3n) is 3.22. The minimum absolute atomic E-state index is 0.172. The van der Waals surface area contributed by atoms with Crippen LogP contribution in [-0.2, 0) is 4.74 Å². The molecule has 2 unspecified atom stereocenters. The Morgan fingerprint density at radius 2 is 2.11 bits per heavy atom. The first-order valence-electron chi connectivity index (χ1n) is 6.87. The monoisotopic (exact) mass is 249 g/mol. The molecule has 1 saturated heterocycles. The quantitative estimate of drug-likeness (QED) is 0.814.